The van der Waals surface area contributed by atoms with E-state index in [9.17, 15) is 4.79 Å². The summed E-state index contributed by atoms with van der Waals surface area (Å²) in [4.78, 5) is 18.1. The molecule has 0 fully saturated rings. The highest BCUT2D eigenvalue weighted by atomic mass is 16.5. The fraction of sp³-hybridized carbons (Fsp3) is 0.227. The maximum absolute atomic E-state index is 12.2. The van der Waals surface area contributed by atoms with Crippen LogP contribution in [0.3, 0.4) is 0 Å². The Hall–Kier alpha value is -3.41. The topological polar surface area (TPSA) is 60.2 Å². The Morgan fingerprint density at radius 3 is 2.57 bits per heavy atom. The number of carbonyl (C=O) groups excluding carboxylic acids is 1. The summed E-state index contributed by atoms with van der Waals surface area (Å²) in [7, 11) is 0. The average Bonchev–Trinajstić information content (AvgIpc) is 3.13. The number of nitrogens with zero attached hydrogens (tertiary/aromatic N) is 4. The molecule has 0 saturated heterocycles. The van der Waals surface area contributed by atoms with Crippen molar-refractivity contribution < 1.29 is 9.53 Å². The molecule has 6 heteroatoms. The van der Waals surface area contributed by atoms with E-state index in [-0.39, 0.29) is 5.91 Å². The number of ether oxygens (including phenoxy) is 1. The number of pyridine rings is 1. The van der Waals surface area contributed by atoms with Gasteiger partial charge in [0.15, 0.2) is 0 Å². The third kappa shape index (κ3) is 3.29. The molecule has 2 aromatic heterocycles. The van der Waals surface area contributed by atoms with E-state index < -0.39 is 0 Å². The minimum absolute atomic E-state index is 0.0595. The second kappa shape index (κ2) is 7.68. The molecule has 0 radical (unpaired) electrons. The van der Waals surface area contributed by atoms with Crippen LogP contribution in [-0.2, 0) is 17.9 Å². The number of aromatic nitrogens is 3. The van der Waals surface area contributed by atoms with Crippen molar-refractivity contribution in [3.05, 3.63) is 67.1 Å². The first kappa shape index (κ1) is 18.0. The fourth-order valence-corrected chi connectivity index (χ4v) is 3.53. The van der Waals surface area contributed by atoms with E-state index in [2.05, 4.69) is 11.6 Å². The van der Waals surface area contributed by atoms with Gasteiger partial charge in [-0.15, -0.1) is 0 Å². The molecule has 1 amide bonds. The van der Waals surface area contributed by atoms with Crippen LogP contribution >= 0.6 is 0 Å². The van der Waals surface area contributed by atoms with Gasteiger partial charge in [-0.1, -0.05) is 6.58 Å². The van der Waals surface area contributed by atoms with Crippen molar-refractivity contribution in [2.45, 2.75) is 20.0 Å². The third-order valence-corrected chi connectivity index (χ3v) is 4.87. The molecule has 28 heavy (non-hydrogen) atoms. The fourth-order valence-electron chi connectivity index (χ4n) is 3.53. The molecule has 3 heterocycles. The van der Waals surface area contributed by atoms with Crippen molar-refractivity contribution in [1.29, 1.82) is 0 Å². The van der Waals surface area contributed by atoms with Gasteiger partial charge < -0.3 is 9.64 Å². The molecule has 0 atom stereocenters. The van der Waals surface area contributed by atoms with Gasteiger partial charge in [0.25, 0.3) is 0 Å². The van der Waals surface area contributed by atoms with Crippen molar-refractivity contribution >= 4 is 5.91 Å². The summed E-state index contributed by atoms with van der Waals surface area (Å²) < 4.78 is 7.57. The molecule has 6 nitrogen and oxygen atoms in total. The average molecular weight is 374 g/mol. The summed E-state index contributed by atoms with van der Waals surface area (Å²) in [5.41, 5.74) is 5.01. The molecular weight excluding hydrogens is 352 g/mol. The highest BCUT2D eigenvalue weighted by Gasteiger charge is 2.27. The van der Waals surface area contributed by atoms with Crippen LogP contribution in [0.4, 0.5) is 0 Å². The summed E-state index contributed by atoms with van der Waals surface area (Å²) in [6, 6.07) is 11.9. The smallest absolute Gasteiger partial charge is 0.246 e. The second-order valence-corrected chi connectivity index (χ2v) is 6.55. The molecule has 0 saturated carbocycles. The molecule has 0 unspecified atom stereocenters. The van der Waals surface area contributed by atoms with E-state index in [0.29, 0.717) is 26.2 Å². The Morgan fingerprint density at radius 1 is 1.14 bits per heavy atom. The van der Waals surface area contributed by atoms with Gasteiger partial charge in [-0.3, -0.25) is 14.5 Å². The van der Waals surface area contributed by atoms with E-state index in [0.717, 1.165) is 33.8 Å². The lowest BCUT2D eigenvalue weighted by molar-refractivity contribution is -0.127. The number of hydrogen-bond acceptors (Lipinski definition) is 4. The largest absolute Gasteiger partial charge is 0.494 e. The SMILES string of the molecule is C=CC(=O)N1CCn2nc(-c3ccc(OCC)cc3)c(-c3ccncc3)c2C1. The van der Waals surface area contributed by atoms with Gasteiger partial charge in [0.2, 0.25) is 5.91 Å². The van der Waals surface area contributed by atoms with E-state index in [4.69, 9.17) is 9.84 Å². The lowest BCUT2D eigenvalue weighted by Crippen LogP contribution is -2.37. The molecule has 0 spiro atoms. The van der Waals surface area contributed by atoms with E-state index >= 15 is 0 Å². The van der Waals surface area contributed by atoms with Crippen LogP contribution in [0.15, 0.2) is 61.4 Å². The Kier molecular flexibility index (Phi) is 4.93. The Bertz CT molecular complexity index is 993. The quantitative estimate of drug-likeness (QED) is 0.641. The number of amides is 1. The minimum Gasteiger partial charge on any atom is -0.494 e. The van der Waals surface area contributed by atoms with Crippen molar-refractivity contribution in [2.24, 2.45) is 0 Å². The van der Waals surface area contributed by atoms with Crippen LogP contribution in [0.25, 0.3) is 22.4 Å². The lowest BCUT2D eigenvalue weighted by atomic mass is 9.99. The number of hydrogen-bond donors (Lipinski definition) is 0. The van der Waals surface area contributed by atoms with E-state index in [1.165, 1.54) is 6.08 Å². The van der Waals surface area contributed by atoms with Gasteiger partial charge in [-0.05, 0) is 55.0 Å². The summed E-state index contributed by atoms with van der Waals surface area (Å²) in [6.45, 7) is 8.00. The van der Waals surface area contributed by atoms with Gasteiger partial charge >= 0.3 is 0 Å². The molecule has 1 aliphatic rings. The zero-order valence-corrected chi connectivity index (χ0v) is 15.8. The zero-order valence-electron chi connectivity index (χ0n) is 15.8. The molecule has 142 valence electrons. The summed E-state index contributed by atoms with van der Waals surface area (Å²) in [6.07, 6.45) is 4.92. The minimum atomic E-state index is -0.0595. The zero-order chi connectivity index (χ0) is 19.5. The third-order valence-electron chi connectivity index (χ3n) is 4.87. The predicted octanol–water partition coefficient (Wildman–Crippen LogP) is 3.54. The maximum Gasteiger partial charge on any atom is 0.246 e. The number of fused-ring (bicyclic) bond motifs is 1. The maximum atomic E-state index is 12.2. The van der Waals surface area contributed by atoms with E-state index in [1.807, 2.05) is 48.0 Å². The molecule has 1 aliphatic heterocycles. The monoisotopic (exact) mass is 374 g/mol. The lowest BCUT2D eigenvalue weighted by Gasteiger charge is -2.27. The highest BCUT2D eigenvalue weighted by Crippen LogP contribution is 2.36. The van der Waals surface area contributed by atoms with Gasteiger partial charge in [-0.2, -0.15) is 5.10 Å². The van der Waals surface area contributed by atoms with Crippen LogP contribution < -0.4 is 4.74 Å². The first-order chi connectivity index (χ1) is 13.7. The van der Waals surface area contributed by atoms with Crippen molar-refractivity contribution in [3.8, 4) is 28.1 Å². The first-order valence-corrected chi connectivity index (χ1v) is 9.36. The summed E-state index contributed by atoms with van der Waals surface area (Å²) in [5.74, 6) is 0.777. The standard InChI is InChI=1S/C22H22N4O2/c1-3-20(27)25-13-14-26-19(15-25)21(16-9-11-23-12-10-16)22(24-26)17-5-7-18(8-6-17)28-4-2/h3,5-12H,1,4,13-15H2,2H3. The number of rotatable bonds is 5. The number of benzene rings is 1. The van der Waals surface area contributed by atoms with Gasteiger partial charge in [-0.25, -0.2) is 0 Å². The van der Waals surface area contributed by atoms with Crippen LogP contribution in [0.2, 0.25) is 0 Å². The van der Waals surface area contributed by atoms with Crippen LogP contribution in [0, 0.1) is 0 Å². The normalized spacial score (nSPS) is 13.1. The molecular formula is C22H22N4O2. The summed E-state index contributed by atoms with van der Waals surface area (Å²) in [5, 5.41) is 4.88. The number of carbonyl (C=O) groups is 1. The molecule has 0 N–H and O–H groups in total. The van der Waals surface area contributed by atoms with Gasteiger partial charge in [0, 0.05) is 30.1 Å². The van der Waals surface area contributed by atoms with E-state index in [1.54, 1.807) is 17.3 Å². The van der Waals surface area contributed by atoms with Crippen molar-refractivity contribution in [2.75, 3.05) is 13.2 Å². The highest BCUT2D eigenvalue weighted by molar-refractivity contribution is 5.88. The van der Waals surface area contributed by atoms with Crippen molar-refractivity contribution in [1.82, 2.24) is 19.7 Å². The molecule has 0 aliphatic carbocycles. The predicted molar refractivity (Wildman–Crippen MR) is 108 cm³/mol. The Labute approximate surface area is 164 Å². The Morgan fingerprint density at radius 2 is 1.89 bits per heavy atom. The molecule has 1 aromatic carbocycles. The second-order valence-electron chi connectivity index (χ2n) is 6.55. The molecule has 0 bridgehead atoms. The van der Waals surface area contributed by atoms with Crippen LogP contribution in [0.1, 0.15) is 12.6 Å². The van der Waals surface area contributed by atoms with Gasteiger partial charge in [0.05, 0.1) is 25.4 Å². The summed E-state index contributed by atoms with van der Waals surface area (Å²) >= 11 is 0. The van der Waals surface area contributed by atoms with Crippen LogP contribution in [0.5, 0.6) is 5.75 Å². The van der Waals surface area contributed by atoms with Crippen molar-refractivity contribution in [3.63, 3.8) is 0 Å². The first-order valence-electron chi connectivity index (χ1n) is 9.36. The Balaban J connectivity index is 1.82. The molecule has 4 rings (SSSR count). The molecule has 3 aromatic rings. The van der Waals surface area contributed by atoms with Crippen LogP contribution in [-0.4, -0.2) is 38.7 Å². The van der Waals surface area contributed by atoms with Gasteiger partial charge in [0.1, 0.15) is 11.4 Å².